The number of nitrogens with one attached hydrogen (secondary N) is 2. The van der Waals surface area contributed by atoms with Crippen LogP contribution >= 0.6 is 0 Å². The average molecular weight is 299 g/mol. The Balaban J connectivity index is 1.64. The molecule has 22 heavy (non-hydrogen) atoms. The SMILES string of the molecule is CN1C(=O)c2ccccc2C1CNC(=O)Nc1cnn(C)c1. The zero-order valence-electron chi connectivity index (χ0n) is 12.4. The fourth-order valence-corrected chi connectivity index (χ4v) is 2.62. The average Bonchev–Trinajstić information content (AvgIpc) is 3.01. The molecule has 3 amide bonds. The van der Waals surface area contributed by atoms with Crippen molar-refractivity contribution in [1.82, 2.24) is 20.0 Å². The van der Waals surface area contributed by atoms with Crippen LogP contribution in [-0.4, -0.2) is 40.2 Å². The standard InChI is InChI=1S/C15H17N5O2/c1-19-9-10(7-17-19)18-15(22)16-8-13-11-5-3-4-6-12(11)14(21)20(13)2/h3-7,9,13H,8H2,1-2H3,(H2,16,18,22). The van der Waals surface area contributed by atoms with Crippen LogP contribution in [0.15, 0.2) is 36.7 Å². The smallest absolute Gasteiger partial charge is 0.319 e. The number of hydrogen-bond donors (Lipinski definition) is 2. The Morgan fingerprint density at radius 1 is 1.32 bits per heavy atom. The van der Waals surface area contributed by atoms with E-state index in [1.807, 2.05) is 24.3 Å². The lowest BCUT2D eigenvalue weighted by molar-refractivity contribution is 0.0774. The molecule has 2 N–H and O–H groups in total. The Kier molecular flexibility index (Phi) is 3.54. The highest BCUT2D eigenvalue weighted by molar-refractivity contribution is 5.99. The summed E-state index contributed by atoms with van der Waals surface area (Å²) in [7, 11) is 3.52. The number of nitrogens with zero attached hydrogens (tertiary/aromatic N) is 3. The first-order valence-corrected chi connectivity index (χ1v) is 6.96. The fraction of sp³-hybridized carbons (Fsp3) is 0.267. The number of aryl methyl sites for hydroxylation is 1. The Morgan fingerprint density at radius 3 is 2.82 bits per heavy atom. The van der Waals surface area contributed by atoms with Crippen molar-refractivity contribution >= 4 is 17.6 Å². The van der Waals surface area contributed by atoms with Gasteiger partial charge in [-0.05, 0) is 11.6 Å². The van der Waals surface area contributed by atoms with Crippen molar-refractivity contribution in [1.29, 1.82) is 0 Å². The van der Waals surface area contributed by atoms with Crippen LogP contribution in [0.1, 0.15) is 22.0 Å². The molecule has 2 aromatic rings. The van der Waals surface area contributed by atoms with Gasteiger partial charge in [0.15, 0.2) is 0 Å². The van der Waals surface area contributed by atoms with Gasteiger partial charge >= 0.3 is 6.03 Å². The third kappa shape index (κ3) is 2.52. The van der Waals surface area contributed by atoms with Gasteiger partial charge in [0, 0.05) is 32.4 Å². The van der Waals surface area contributed by atoms with Gasteiger partial charge in [0.25, 0.3) is 5.91 Å². The van der Waals surface area contributed by atoms with Gasteiger partial charge in [-0.1, -0.05) is 18.2 Å². The molecule has 0 saturated carbocycles. The van der Waals surface area contributed by atoms with Crippen molar-refractivity contribution in [3.05, 3.63) is 47.8 Å². The first kappa shape index (κ1) is 14.1. The molecule has 2 heterocycles. The maximum atomic E-state index is 12.1. The van der Waals surface area contributed by atoms with Crippen molar-refractivity contribution < 1.29 is 9.59 Å². The number of carbonyl (C=O) groups is 2. The lowest BCUT2D eigenvalue weighted by atomic mass is 10.1. The molecule has 0 aliphatic carbocycles. The van der Waals surface area contributed by atoms with Crippen molar-refractivity contribution in [2.24, 2.45) is 7.05 Å². The van der Waals surface area contributed by atoms with Gasteiger partial charge in [-0.2, -0.15) is 5.10 Å². The third-order valence-corrected chi connectivity index (χ3v) is 3.76. The van der Waals surface area contributed by atoms with E-state index in [4.69, 9.17) is 0 Å². The van der Waals surface area contributed by atoms with E-state index in [-0.39, 0.29) is 18.0 Å². The Hall–Kier alpha value is -2.83. The molecular formula is C15H17N5O2. The summed E-state index contributed by atoms with van der Waals surface area (Å²) in [5.74, 6) is -0.0185. The predicted octanol–water partition coefficient (Wildman–Crippen LogP) is 1.37. The summed E-state index contributed by atoms with van der Waals surface area (Å²) >= 11 is 0. The highest BCUT2D eigenvalue weighted by Gasteiger charge is 2.33. The Morgan fingerprint density at radius 2 is 2.09 bits per heavy atom. The van der Waals surface area contributed by atoms with Gasteiger partial charge in [0.05, 0.1) is 17.9 Å². The van der Waals surface area contributed by atoms with Gasteiger partial charge in [-0.3, -0.25) is 9.48 Å². The summed E-state index contributed by atoms with van der Waals surface area (Å²) in [6, 6.07) is 7.00. The highest BCUT2D eigenvalue weighted by Crippen LogP contribution is 2.31. The number of rotatable bonds is 3. The van der Waals surface area contributed by atoms with E-state index in [1.54, 1.807) is 36.1 Å². The maximum Gasteiger partial charge on any atom is 0.319 e. The second-order valence-corrected chi connectivity index (χ2v) is 5.26. The molecule has 7 heteroatoms. The van der Waals surface area contributed by atoms with Crippen LogP contribution in [0.2, 0.25) is 0 Å². The zero-order chi connectivity index (χ0) is 15.7. The molecule has 1 unspecified atom stereocenters. The van der Waals surface area contributed by atoms with E-state index in [0.717, 1.165) is 5.56 Å². The van der Waals surface area contributed by atoms with Gasteiger partial charge in [-0.15, -0.1) is 0 Å². The van der Waals surface area contributed by atoms with Crippen molar-refractivity contribution in [2.75, 3.05) is 18.9 Å². The van der Waals surface area contributed by atoms with Crippen molar-refractivity contribution in [2.45, 2.75) is 6.04 Å². The van der Waals surface area contributed by atoms with Crippen LogP contribution in [0.5, 0.6) is 0 Å². The molecule has 3 rings (SSSR count). The molecule has 1 aromatic heterocycles. The van der Waals surface area contributed by atoms with Crippen LogP contribution in [-0.2, 0) is 7.05 Å². The minimum absolute atomic E-state index is 0.0185. The van der Waals surface area contributed by atoms with Crippen molar-refractivity contribution in [3.63, 3.8) is 0 Å². The number of carbonyl (C=O) groups excluding carboxylic acids is 2. The van der Waals surface area contributed by atoms with E-state index in [1.165, 1.54) is 0 Å². The summed E-state index contributed by atoms with van der Waals surface area (Å²) in [5, 5.41) is 9.47. The normalized spacial score (nSPS) is 16.5. The van der Waals surface area contributed by atoms with Crippen LogP contribution in [0.3, 0.4) is 0 Å². The van der Waals surface area contributed by atoms with Crippen LogP contribution in [0.4, 0.5) is 10.5 Å². The summed E-state index contributed by atoms with van der Waals surface area (Å²) in [6.07, 6.45) is 3.28. The maximum absolute atomic E-state index is 12.1. The quantitative estimate of drug-likeness (QED) is 0.898. The predicted molar refractivity (Wildman–Crippen MR) is 81.5 cm³/mol. The number of anilines is 1. The molecule has 7 nitrogen and oxygen atoms in total. The molecular weight excluding hydrogens is 282 g/mol. The Bertz CT molecular complexity index is 724. The molecule has 0 bridgehead atoms. The number of hydrogen-bond acceptors (Lipinski definition) is 3. The van der Waals surface area contributed by atoms with E-state index in [0.29, 0.717) is 17.8 Å². The summed E-state index contributed by atoms with van der Waals surface area (Å²) < 4.78 is 1.61. The number of fused-ring (bicyclic) bond motifs is 1. The molecule has 0 saturated heterocycles. The summed E-state index contributed by atoms with van der Waals surface area (Å²) in [5.41, 5.74) is 2.26. The van der Waals surface area contributed by atoms with Crippen LogP contribution in [0, 0.1) is 0 Å². The van der Waals surface area contributed by atoms with E-state index >= 15 is 0 Å². The molecule has 114 valence electrons. The summed E-state index contributed by atoms with van der Waals surface area (Å²) in [4.78, 5) is 25.7. The number of amides is 3. The minimum Gasteiger partial charge on any atom is -0.335 e. The fourth-order valence-electron chi connectivity index (χ4n) is 2.62. The first-order chi connectivity index (χ1) is 10.6. The minimum atomic E-state index is -0.321. The molecule has 1 aromatic carbocycles. The summed E-state index contributed by atoms with van der Waals surface area (Å²) in [6.45, 7) is 0.353. The van der Waals surface area contributed by atoms with E-state index < -0.39 is 0 Å². The third-order valence-electron chi connectivity index (χ3n) is 3.76. The molecule has 0 fully saturated rings. The second kappa shape index (κ2) is 5.51. The van der Waals surface area contributed by atoms with Gasteiger partial charge in [0.2, 0.25) is 0 Å². The highest BCUT2D eigenvalue weighted by atomic mass is 16.2. The molecule has 1 aliphatic heterocycles. The second-order valence-electron chi connectivity index (χ2n) is 5.26. The Labute approximate surface area is 127 Å². The van der Waals surface area contributed by atoms with Crippen molar-refractivity contribution in [3.8, 4) is 0 Å². The van der Waals surface area contributed by atoms with Gasteiger partial charge < -0.3 is 15.5 Å². The monoisotopic (exact) mass is 299 g/mol. The number of urea groups is 1. The lowest BCUT2D eigenvalue weighted by Crippen LogP contribution is -2.36. The van der Waals surface area contributed by atoms with Gasteiger partial charge in [0.1, 0.15) is 0 Å². The molecule has 0 radical (unpaired) electrons. The molecule has 1 aliphatic rings. The molecule has 1 atom stereocenters. The number of benzene rings is 1. The first-order valence-electron chi connectivity index (χ1n) is 6.96. The lowest BCUT2D eigenvalue weighted by Gasteiger charge is -2.21. The van der Waals surface area contributed by atoms with Gasteiger partial charge in [-0.25, -0.2) is 4.79 Å². The van der Waals surface area contributed by atoms with Crippen LogP contribution < -0.4 is 10.6 Å². The zero-order valence-corrected chi connectivity index (χ0v) is 12.4. The van der Waals surface area contributed by atoms with E-state index in [9.17, 15) is 9.59 Å². The molecule has 0 spiro atoms. The van der Waals surface area contributed by atoms with Crippen LogP contribution in [0.25, 0.3) is 0 Å². The number of aromatic nitrogens is 2. The van der Waals surface area contributed by atoms with E-state index in [2.05, 4.69) is 15.7 Å². The largest absolute Gasteiger partial charge is 0.335 e. The topological polar surface area (TPSA) is 79.3 Å². The number of likely N-dealkylation sites (N-methyl/N-ethyl adjacent to an activating group) is 1.